The molecular formula is C20H25N3O5. The summed E-state index contributed by atoms with van der Waals surface area (Å²) in [7, 11) is 0. The van der Waals surface area contributed by atoms with Crippen molar-refractivity contribution in [1.82, 2.24) is 15.5 Å². The molecule has 1 N–H and O–H groups in total. The minimum Gasteiger partial charge on any atom is -0.389 e. The Balaban J connectivity index is 1.58. The minimum atomic E-state index is -0.744. The Hall–Kier alpha value is -2.58. The smallest absolute Gasteiger partial charge is 0.345 e. The molecular weight excluding hydrogens is 362 g/mol. The van der Waals surface area contributed by atoms with E-state index in [2.05, 4.69) is 15.5 Å². The molecule has 1 aromatic heterocycles. The Morgan fingerprint density at radius 2 is 1.86 bits per heavy atom. The van der Waals surface area contributed by atoms with E-state index in [0.29, 0.717) is 23.9 Å². The summed E-state index contributed by atoms with van der Waals surface area (Å²) >= 11 is 0. The molecule has 0 amide bonds. The lowest BCUT2D eigenvalue weighted by atomic mass is 9.97. The number of esters is 2. The van der Waals surface area contributed by atoms with Gasteiger partial charge < -0.3 is 19.3 Å². The summed E-state index contributed by atoms with van der Waals surface area (Å²) in [5, 5.41) is 7.23. The number of nitrogens with one attached hydrogen (secondary N) is 1. The molecule has 3 rings (SSSR count). The van der Waals surface area contributed by atoms with Crippen LogP contribution in [0.5, 0.6) is 0 Å². The number of nitrogens with zero attached hydrogens (tertiary/aromatic N) is 2. The van der Waals surface area contributed by atoms with Crippen LogP contribution < -0.4 is 5.32 Å². The van der Waals surface area contributed by atoms with Gasteiger partial charge in [0.1, 0.15) is 6.61 Å². The fourth-order valence-electron chi connectivity index (χ4n) is 2.63. The van der Waals surface area contributed by atoms with Gasteiger partial charge in [-0.25, -0.2) is 4.79 Å². The molecule has 8 heteroatoms. The van der Waals surface area contributed by atoms with Crippen LogP contribution in [0.3, 0.4) is 0 Å². The zero-order valence-electron chi connectivity index (χ0n) is 16.4. The highest BCUT2D eigenvalue weighted by Crippen LogP contribution is 2.20. The number of ether oxygens (including phenoxy) is 2. The van der Waals surface area contributed by atoms with Crippen LogP contribution in [0.4, 0.5) is 0 Å². The number of hydrogen-bond donors (Lipinski definition) is 1. The first kappa shape index (κ1) is 20.2. The van der Waals surface area contributed by atoms with Crippen molar-refractivity contribution in [3.05, 3.63) is 35.7 Å². The molecule has 2 aromatic rings. The normalized spacial score (nSPS) is 15.4. The van der Waals surface area contributed by atoms with Gasteiger partial charge in [-0.2, -0.15) is 4.98 Å². The summed E-state index contributed by atoms with van der Waals surface area (Å²) in [6.45, 7) is 7.28. The molecule has 1 aliphatic rings. The lowest BCUT2D eigenvalue weighted by Crippen LogP contribution is -2.32. The average molecular weight is 387 g/mol. The first-order valence-electron chi connectivity index (χ1n) is 9.35. The zero-order valence-corrected chi connectivity index (χ0v) is 16.4. The fourth-order valence-corrected chi connectivity index (χ4v) is 2.63. The molecule has 0 spiro atoms. The van der Waals surface area contributed by atoms with Crippen molar-refractivity contribution >= 4 is 11.9 Å². The van der Waals surface area contributed by atoms with E-state index in [1.807, 2.05) is 0 Å². The lowest BCUT2D eigenvalue weighted by molar-refractivity contribution is -0.146. The van der Waals surface area contributed by atoms with E-state index in [4.69, 9.17) is 14.0 Å². The number of piperidine rings is 1. The predicted molar refractivity (Wildman–Crippen MR) is 100 cm³/mol. The molecule has 8 nitrogen and oxygen atoms in total. The van der Waals surface area contributed by atoms with E-state index in [0.717, 1.165) is 25.9 Å². The van der Waals surface area contributed by atoms with E-state index in [1.165, 1.54) is 0 Å². The van der Waals surface area contributed by atoms with Crippen molar-refractivity contribution in [3.8, 4) is 11.5 Å². The SMILES string of the molecule is CC(C)(C)C(=O)OC(=O)c1ccc(-c2nc(COC3CCNCC3)no2)cc1. The molecule has 0 radical (unpaired) electrons. The van der Waals surface area contributed by atoms with E-state index in [1.54, 1.807) is 45.0 Å². The maximum atomic E-state index is 12.1. The van der Waals surface area contributed by atoms with Crippen LogP contribution in [0.25, 0.3) is 11.5 Å². The largest absolute Gasteiger partial charge is 0.389 e. The quantitative estimate of drug-likeness (QED) is 0.617. The van der Waals surface area contributed by atoms with Crippen molar-refractivity contribution < 1.29 is 23.6 Å². The number of aromatic nitrogens is 2. The Morgan fingerprint density at radius 1 is 1.18 bits per heavy atom. The summed E-state index contributed by atoms with van der Waals surface area (Å²) in [5.74, 6) is -0.438. The summed E-state index contributed by atoms with van der Waals surface area (Å²) in [4.78, 5) is 28.2. The molecule has 1 aliphatic heterocycles. The average Bonchev–Trinajstić information content (AvgIpc) is 3.15. The minimum absolute atomic E-state index is 0.212. The van der Waals surface area contributed by atoms with E-state index in [-0.39, 0.29) is 11.7 Å². The second-order valence-electron chi connectivity index (χ2n) is 7.78. The fraction of sp³-hybridized carbons (Fsp3) is 0.500. The molecule has 0 aliphatic carbocycles. The van der Waals surface area contributed by atoms with Gasteiger partial charge in [0.2, 0.25) is 0 Å². The molecule has 0 saturated carbocycles. The standard InChI is InChI=1S/C20H25N3O5/c1-20(2,3)19(25)27-18(24)14-6-4-13(5-7-14)17-22-16(23-28-17)12-26-15-8-10-21-11-9-15/h4-7,15,21H,8-12H2,1-3H3. The Kier molecular flexibility index (Phi) is 6.21. The Bertz CT molecular complexity index is 817. The van der Waals surface area contributed by atoms with Crippen LogP contribution in [-0.4, -0.2) is 41.3 Å². The Morgan fingerprint density at radius 3 is 2.50 bits per heavy atom. The maximum Gasteiger partial charge on any atom is 0.345 e. The highest BCUT2D eigenvalue weighted by atomic mass is 16.6. The van der Waals surface area contributed by atoms with Gasteiger partial charge in [-0.15, -0.1) is 0 Å². The molecule has 1 fully saturated rings. The number of rotatable bonds is 5. The second kappa shape index (κ2) is 8.62. The monoisotopic (exact) mass is 387 g/mol. The third-order valence-electron chi connectivity index (χ3n) is 4.37. The van der Waals surface area contributed by atoms with Crippen molar-refractivity contribution in [3.63, 3.8) is 0 Å². The molecule has 0 atom stereocenters. The van der Waals surface area contributed by atoms with Crippen LogP contribution in [0.1, 0.15) is 49.8 Å². The topological polar surface area (TPSA) is 104 Å². The first-order valence-corrected chi connectivity index (χ1v) is 9.35. The summed E-state index contributed by atoms with van der Waals surface area (Å²) in [5.41, 5.74) is 0.195. The van der Waals surface area contributed by atoms with Gasteiger partial charge in [0.15, 0.2) is 5.82 Å². The van der Waals surface area contributed by atoms with E-state index < -0.39 is 17.4 Å². The summed E-state index contributed by atoms with van der Waals surface area (Å²) < 4.78 is 16.0. The van der Waals surface area contributed by atoms with Gasteiger partial charge in [0.25, 0.3) is 5.89 Å². The molecule has 1 aromatic carbocycles. The molecule has 28 heavy (non-hydrogen) atoms. The van der Waals surface area contributed by atoms with Gasteiger partial charge in [-0.3, -0.25) is 4.79 Å². The highest BCUT2D eigenvalue weighted by molar-refractivity contribution is 5.98. The Labute approximate surface area is 163 Å². The van der Waals surface area contributed by atoms with Crippen LogP contribution in [0.2, 0.25) is 0 Å². The van der Waals surface area contributed by atoms with Gasteiger partial charge in [0, 0.05) is 5.56 Å². The number of benzene rings is 1. The first-order chi connectivity index (χ1) is 13.3. The molecule has 0 bridgehead atoms. The van der Waals surface area contributed by atoms with E-state index >= 15 is 0 Å². The summed E-state index contributed by atoms with van der Waals surface area (Å²) in [6.07, 6.45) is 2.16. The predicted octanol–water partition coefficient (Wildman–Crippen LogP) is 2.73. The molecule has 150 valence electrons. The van der Waals surface area contributed by atoms with Crippen molar-refractivity contribution in [2.24, 2.45) is 5.41 Å². The van der Waals surface area contributed by atoms with Gasteiger partial charge in [0.05, 0.1) is 17.1 Å². The molecule has 0 unspecified atom stereocenters. The second-order valence-corrected chi connectivity index (χ2v) is 7.78. The van der Waals surface area contributed by atoms with Crippen molar-refractivity contribution in [2.75, 3.05) is 13.1 Å². The van der Waals surface area contributed by atoms with Crippen LogP contribution >= 0.6 is 0 Å². The number of carbonyl (C=O) groups is 2. The molecule has 1 saturated heterocycles. The highest BCUT2D eigenvalue weighted by Gasteiger charge is 2.26. The summed E-state index contributed by atoms with van der Waals surface area (Å²) in [6, 6.07) is 6.46. The maximum absolute atomic E-state index is 12.1. The van der Waals surface area contributed by atoms with Crippen molar-refractivity contribution in [2.45, 2.75) is 46.3 Å². The van der Waals surface area contributed by atoms with Gasteiger partial charge in [-0.05, 0) is 71.0 Å². The number of carbonyl (C=O) groups excluding carboxylic acids is 2. The van der Waals surface area contributed by atoms with E-state index in [9.17, 15) is 9.59 Å². The zero-order chi connectivity index (χ0) is 20.1. The number of hydrogen-bond acceptors (Lipinski definition) is 8. The lowest BCUT2D eigenvalue weighted by Gasteiger charge is -2.22. The molecule has 2 heterocycles. The van der Waals surface area contributed by atoms with Gasteiger partial charge in [-0.1, -0.05) is 5.16 Å². The van der Waals surface area contributed by atoms with Gasteiger partial charge >= 0.3 is 11.9 Å². The third-order valence-corrected chi connectivity index (χ3v) is 4.37. The van der Waals surface area contributed by atoms with Crippen LogP contribution in [0.15, 0.2) is 28.8 Å². The third kappa shape index (κ3) is 5.24. The van der Waals surface area contributed by atoms with Crippen LogP contribution in [0, 0.1) is 5.41 Å². The van der Waals surface area contributed by atoms with Crippen LogP contribution in [-0.2, 0) is 20.9 Å². The van der Waals surface area contributed by atoms with Crippen molar-refractivity contribution in [1.29, 1.82) is 0 Å².